The van der Waals surface area contributed by atoms with E-state index in [-0.39, 0.29) is 17.9 Å². The molecule has 0 aliphatic carbocycles. The van der Waals surface area contributed by atoms with Gasteiger partial charge in [-0.2, -0.15) is 0 Å². The SMILES string of the molecule is C[C@H](NC(=O)C1CCN(c2cnc(N3CCCC3)nc2)CC1)c1ccccc1. The minimum atomic E-state index is 0.0401. The molecule has 0 radical (unpaired) electrons. The Hall–Kier alpha value is -2.63. The van der Waals surface area contributed by atoms with E-state index in [1.165, 1.54) is 12.8 Å². The van der Waals surface area contributed by atoms with E-state index in [1.807, 2.05) is 37.5 Å². The maximum absolute atomic E-state index is 12.7. The number of rotatable bonds is 5. The second-order valence-corrected chi connectivity index (χ2v) is 7.84. The van der Waals surface area contributed by atoms with Gasteiger partial charge < -0.3 is 15.1 Å². The number of benzene rings is 1. The van der Waals surface area contributed by atoms with Gasteiger partial charge in [-0.15, -0.1) is 0 Å². The zero-order valence-corrected chi connectivity index (χ0v) is 16.6. The second-order valence-electron chi connectivity index (χ2n) is 7.84. The number of carbonyl (C=O) groups excluding carboxylic acids is 1. The highest BCUT2D eigenvalue weighted by Crippen LogP contribution is 2.25. The normalized spacial score (nSPS) is 18.9. The maximum atomic E-state index is 12.7. The number of nitrogens with zero attached hydrogens (tertiary/aromatic N) is 4. The van der Waals surface area contributed by atoms with Crippen molar-refractivity contribution in [2.75, 3.05) is 36.0 Å². The fourth-order valence-corrected chi connectivity index (χ4v) is 4.11. The van der Waals surface area contributed by atoms with Crippen LogP contribution in [0.4, 0.5) is 11.6 Å². The molecule has 148 valence electrons. The van der Waals surface area contributed by atoms with Crippen molar-refractivity contribution in [1.82, 2.24) is 15.3 Å². The summed E-state index contributed by atoms with van der Waals surface area (Å²) in [5.74, 6) is 1.08. The van der Waals surface area contributed by atoms with Crippen molar-refractivity contribution in [3.05, 3.63) is 48.3 Å². The van der Waals surface area contributed by atoms with Gasteiger partial charge in [-0.05, 0) is 38.2 Å². The first kappa shape index (κ1) is 18.7. The third-order valence-corrected chi connectivity index (χ3v) is 5.90. The molecule has 4 rings (SSSR count). The molecule has 0 saturated carbocycles. The lowest BCUT2D eigenvalue weighted by Gasteiger charge is -2.33. The summed E-state index contributed by atoms with van der Waals surface area (Å²) in [5.41, 5.74) is 2.20. The van der Waals surface area contributed by atoms with Crippen LogP contribution in [0.1, 0.15) is 44.2 Å². The van der Waals surface area contributed by atoms with Crippen molar-refractivity contribution >= 4 is 17.5 Å². The molecular formula is C22H29N5O. The highest BCUT2D eigenvalue weighted by molar-refractivity contribution is 5.79. The fraction of sp³-hybridized carbons (Fsp3) is 0.500. The molecular weight excluding hydrogens is 350 g/mol. The van der Waals surface area contributed by atoms with Gasteiger partial charge in [0, 0.05) is 32.1 Å². The summed E-state index contributed by atoms with van der Waals surface area (Å²) < 4.78 is 0. The van der Waals surface area contributed by atoms with Crippen molar-refractivity contribution < 1.29 is 4.79 Å². The van der Waals surface area contributed by atoms with E-state index in [4.69, 9.17) is 0 Å². The quantitative estimate of drug-likeness (QED) is 0.865. The lowest BCUT2D eigenvalue weighted by atomic mass is 9.95. The zero-order valence-electron chi connectivity index (χ0n) is 16.6. The van der Waals surface area contributed by atoms with E-state index in [1.54, 1.807) is 0 Å². The first-order chi connectivity index (χ1) is 13.7. The zero-order chi connectivity index (χ0) is 19.3. The molecule has 3 heterocycles. The average Bonchev–Trinajstić information content (AvgIpc) is 3.29. The van der Waals surface area contributed by atoms with Crippen molar-refractivity contribution in [3.63, 3.8) is 0 Å². The molecule has 0 bridgehead atoms. The van der Waals surface area contributed by atoms with Gasteiger partial charge in [-0.1, -0.05) is 30.3 Å². The van der Waals surface area contributed by atoms with Crippen LogP contribution >= 0.6 is 0 Å². The average molecular weight is 380 g/mol. The predicted octanol–water partition coefficient (Wildman–Crippen LogP) is 3.17. The summed E-state index contributed by atoms with van der Waals surface area (Å²) in [6, 6.07) is 10.2. The van der Waals surface area contributed by atoms with Crippen LogP contribution < -0.4 is 15.1 Å². The first-order valence-electron chi connectivity index (χ1n) is 10.4. The van der Waals surface area contributed by atoms with Crippen LogP contribution in [-0.4, -0.2) is 42.1 Å². The molecule has 2 aliphatic rings. The number of hydrogen-bond acceptors (Lipinski definition) is 5. The Morgan fingerprint density at radius 2 is 1.64 bits per heavy atom. The van der Waals surface area contributed by atoms with Gasteiger partial charge in [0.2, 0.25) is 11.9 Å². The van der Waals surface area contributed by atoms with Crippen LogP contribution in [-0.2, 0) is 4.79 Å². The largest absolute Gasteiger partial charge is 0.369 e. The molecule has 1 aromatic carbocycles. The highest BCUT2D eigenvalue weighted by atomic mass is 16.1. The number of nitrogens with one attached hydrogen (secondary N) is 1. The van der Waals surface area contributed by atoms with Crippen LogP contribution in [0.2, 0.25) is 0 Å². The summed E-state index contributed by atoms with van der Waals surface area (Å²) >= 11 is 0. The number of carbonyl (C=O) groups is 1. The Balaban J connectivity index is 1.28. The molecule has 6 heteroatoms. The molecule has 2 fully saturated rings. The minimum absolute atomic E-state index is 0.0401. The van der Waals surface area contributed by atoms with Crippen molar-refractivity contribution in [2.24, 2.45) is 5.92 Å². The fourth-order valence-electron chi connectivity index (χ4n) is 4.11. The number of anilines is 2. The van der Waals surface area contributed by atoms with Crippen molar-refractivity contribution in [3.8, 4) is 0 Å². The Labute approximate surface area is 167 Å². The Morgan fingerprint density at radius 1 is 1.00 bits per heavy atom. The lowest BCUT2D eigenvalue weighted by molar-refractivity contribution is -0.126. The molecule has 0 unspecified atom stereocenters. The standard InChI is InChI=1S/C22H29N5O/c1-17(18-7-3-2-4-8-18)25-21(28)19-9-13-26(14-10-19)20-15-23-22(24-16-20)27-11-5-6-12-27/h2-4,7-8,15-17,19H,5-6,9-14H2,1H3,(H,25,28)/t17-/m0/s1. The Kier molecular flexibility index (Phi) is 5.74. The molecule has 1 aromatic heterocycles. The number of amides is 1. The third kappa shape index (κ3) is 4.26. The molecule has 28 heavy (non-hydrogen) atoms. The van der Waals surface area contributed by atoms with E-state index < -0.39 is 0 Å². The molecule has 6 nitrogen and oxygen atoms in total. The topological polar surface area (TPSA) is 61.4 Å². The summed E-state index contributed by atoms with van der Waals surface area (Å²) in [6.07, 6.45) is 8.03. The van der Waals surface area contributed by atoms with Gasteiger partial charge in [0.1, 0.15) is 0 Å². The molecule has 1 atom stereocenters. The molecule has 0 spiro atoms. The summed E-state index contributed by atoms with van der Waals surface area (Å²) in [5, 5.41) is 3.17. The summed E-state index contributed by atoms with van der Waals surface area (Å²) in [6.45, 7) is 5.89. The van der Waals surface area contributed by atoms with E-state index in [2.05, 4.69) is 37.2 Å². The predicted molar refractivity (Wildman–Crippen MR) is 111 cm³/mol. The lowest BCUT2D eigenvalue weighted by Crippen LogP contribution is -2.41. The summed E-state index contributed by atoms with van der Waals surface area (Å²) in [4.78, 5) is 26.3. The van der Waals surface area contributed by atoms with Gasteiger partial charge in [0.25, 0.3) is 0 Å². The maximum Gasteiger partial charge on any atom is 0.225 e. The van der Waals surface area contributed by atoms with E-state index >= 15 is 0 Å². The smallest absolute Gasteiger partial charge is 0.225 e. The van der Waals surface area contributed by atoms with Crippen LogP contribution in [0.3, 0.4) is 0 Å². The van der Waals surface area contributed by atoms with Crippen molar-refractivity contribution in [1.29, 1.82) is 0 Å². The van der Waals surface area contributed by atoms with Gasteiger partial charge in [0.05, 0.1) is 24.1 Å². The van der Waals surface area contributed by atoms with Crippen molar-refractivity contribution in [2.45, 2.75) is 38.6 Å². The third-order valence-electron chi connectivity index (χ3n) is 5.90. The second kappa shape index (κ2) is 8.59. The molecule has 1 N–H and O–H groups in total. The van der Waals surface area contributed by atoms with Crippen LogP contribution in [0.15, 0.2) is 42.7 Å². The van der Waals surface area contributed by atoms with Gasteiger partial charge >= 0.3 is 0 Å². The molecule has 2 aliphatic heterocycles. The van der Waals surface area contributed by atoms with Gasteiger partial charge in [-0.25, -0.2) is 9.97 Å². The number of hydrogen-bond donors (Lipinski definition) is 1. The van der Waals surface area contributed by atoms with Gasteiger partial charge in [0.15, 0.2) is 0 Å². The van der Waals surface area contributed by atoms with E-state index in [9.17, 15) is 4.79 Å². The molecule has 2 aromatic rings. The monoisotopic (exact) mass is 379 g/mol. The van der Waals surface area contributed by atoms with Gasteiger partial charge in [-0.3, -0.25) is 4.79 Å². The number of aromatic nitrogens is 2. The van der Waals surface area contributed by atoms with Crippen LogP contribution in [0.25, 0.3) is 0 Å². The Morgan fingerprint density at radius 3 is 2.29 bits per heavy atom. The van der Waals surface area contributed by atoms with E-state index in [0.717, 1.165) is 56.2 Å². The first-order valence-corrected chi connectivity index (χ1v) is 10.4. The minimum Gasteiger partial charge on any atom is -0.369 e. The van der Waals surface area contributed by atoms with E-state index in [0.29, 0.717) is 0 Å². The molecule has 2 saturated heterocycles. The molecule has 1 amide bonds. The van der Waals surface area contributed by atoms with Crippen LogP contribution in [0, 0.1) is 5.92 Å². The number of piperidine rings is 1. The highest BCUT2D eigenvalue weighted by Gasteiger charge is 2.26. The Bertz CT molecular complexity index is 765. The summed E-state index contributed by atoms with van der Waals surface area (Å²) in [7, 11) is 0. The van der Waals surface area contributed by atoms with Crippen LogP contribution in [0.5, 0.6) is 0 Å².